The number of carboxylic acids is 1. The number of aromatic amines is 1. The number of nitrogens with one attached hydrogen (secondary N) is 3. The number of amides is 2. The highest BCUT2D eigenvalue weighted by Crippen LogP contribution is 2.15. The molecule has 1 aromatic heterocycles. The van der Waals surface area contributed by atoms with Gasteiger partial charge >= 0.3 is 12.0 Å². The number of nitrogens with zero attached hydrogens (tertiary/aromatic N) is 1. The quantitative estimate of drug-likeness (QED) is 0.631. The van der Waals surface area contributed by atoms with Gasteiger partial charge < -0.3 is 15.7 Å². The van der Waals surface area contributed by atoms with Crippen molar-refractivity contribution >= 4 is 17.7 Å². The Bertz CT molecular complexity index is 436. The number of hydrogen-bond acceptors (Lipinski definition) is 3. The van der Waals surface area contributed by atoms with Crippen molar-refractivity contribution in [1.29, 1.82) is 0 Å². The second-order valence-corrected chi connectivity index (χ2v) is 4.44. The zero-order chi connectivity index (χ0) is 14.4. The molecule has 1 atom stereocenters. The van der Waals surface area contributed by atoms with Crippen LogP contribution in [0.2, 0.25) is 0 Å². The van der Waals surface area contributed by atoms with Crippen molar-refractivity contribution in [3.05, 3.63) is 11.4 Å². The Morgan fingerprint density at radius 2 is 2.11 bits per heavy atom. The minimum absolute atomic E-state index is 0.419. The van der Waals surface area contributed by atoms with E-state index in [2.05, 4.69) is 20.8 Å². The fraction of sp³-hybridized carbons (Fsp3) is 0.583. The van der Waals surface area contributed by atoms with Gasteiger partial charge in [0, 0.05) is 0 Å². The van der Waals surface area contributed by atoms with E-state index in [0.29, 0.717) is 17.8 Å². The van der Waals surface area contributed by atoms with Crippen molar-refractivity contribution in [3.63, 3.8) is 0 Å². The monoisotopic (exact) mass is 268 g/mol. The highest BCUT2D eigenvalue weighted by atomic mass is 16.4. The van der Waals surface area contributed by atoms with E-state index in [0.717, 1.165) is 18.5 Å². The molecule has 1 aromatic rings. The molecule has 0 saturated heterocycles. The number of carbonyl (C=O) groups excluding carboxylic acids is 1. The third kappa shape index (κ3) is 4.27. The highest BCUT2D eigenvalue weighted by molar-refractivity contribution is 5.93. The lowest BCUT2D eigenvalue weighted by Crippen LogP contribution is -2.43. The van der Waals surface area contributed by atoms with Crippen LogP contribution < -0.4 is 10.6 Å². The zero-order valence-corrected chi connectivity index (χ0v) is 11.4. The Kier molecular flexibility index (Phi) is 5.35. The molecule has 0 aliphatic heterocycles. The van der Waals surface area contributed by atoms with E-state index in [4.69, 9.17) is 5.11 Å². The lowest BCUT2D eigenvalue weighted by Gasteiger charge is -2.14. The van der Waals surface area contributed by atoms with E-state index < -0.39 is 18.0 Å². The number of unbranched alkanes of at least 4 members (excludes halogenated alkanes) is 1. The maximum Gasteiger partial charge on any atom is 0.326 e. The summed E-state index contributed by atoms with van der Waals surface area (Å²) in [6.45, 7) is 5.50. The first-order valence-electron chi connectivity index (χ1n) is 6.27. The SMILES string of the molecule is CCCC[C@H](NC(=O)Nc1c(C)n[nH]c1C)C(=O)O. The van der Waals surface area contributed by atoms with E-state index in [9.17, 15) is 9.59 Å². The molecule has 0 aliphatic rings. The molecule has 0 aromatic carbocycles. The van der Waals surface area contributed by atoms with Gasteiger partial charge in [0.15, 0.2) is 0 Å². The second-order valence-electron chi connectivity index (χ2n) is 4.44. The average Bonchev–Trinajstić information content (AvgIpc) is 2.66. The lowest BCUT2D eigenvalue weighted by atomic mass is 10.1. The van der Waals surface area contributed by atoms with Gasteiger partial charge in [-0.15, -0.1) is 0 Å². The predicted molar refractivity (Wildman–Crippen MR) is 71.2 cm³/mol. The Labute approximate surface area is 111 Å². The van der Waals surface area contributed by atoms with Crippen LogP contribution in [0, 0.1) is 13.8 Å². The van der Waals surface area contributed by atoms with Crippen LogP contribution in [0.25, 0.3) is 0 Å². The summed E-state index contributed by atoms with van der Waals surface area (Å²) in [6, 6.07) is -1.40. The fourth-order valence-electron chi connectivity index (χ4n) is 1.71. The number of urea groups is 1. The first-order valence-corrected chi connectivity index (χ1v) is 6.27. The molecule has 0 fully saturated rings. The molecule has 0 saturated carbocycles. The molecule has 106 valence electrons. The minimum atomic E-state index is -1.02. The largest absolute Gasteiger partial charge is 0.480 e. The molecule has 0 radical (unpaired) electrons. The van der Waals surface area contributed by atoms with Gasteiger partial charge in [-0.2, -0.15) is 5.10 Å². The van der Waals surface area contributed by atoms with E-state index in [1.807, 2.05) is 6.92 Å². The molecule has 19 heavy (non-hydrogen) atoms. The number of rotatable bonds is 6. The fourth-order valence-corrected chi connectivity index (χ4v) is 1.71. The number of H-pyrrole nitrogens is 1. The van der Waals surface area contributed by atoms with Crippen LogP contribution in [-0.2, 0) is 4.79 Å². The summed E-state index contributed by atoms with van der Waals surface area (Å²) in [5.41, 5.74) is 1.97. The summed E-state index contributed by atoms with van der Waals surface area (Å²) in [6.07, 6.45) is 2.05. The van der Waals surface area contributed by atoms with Crippen molar-refractivity contribution in [2.45, 2.75) is 46.1 Å². The zero-order valence-electron chi connectivity index (χ0n) is 11.4. The summed E-state index contributed by atoms with van der Waals surface area (Å²) >= 11 is 0. The van der Waals surface area contributed by atoms with Gasteiger partial charge in [-0.3, -0.25) is 5.10 Å². The van der Waals surface area contributed by atoms with Crippen LogP contribution in [0.4, 0.5) is 10.5 Å². The smallest absolute Gasteiger partial charge is 0.326 e. The Morgan fingerprint density at radius 1 is 1.42 bits per heavy atom. The van der Waals surface area contributed by atoms with Gasteiger partial charge in [0.05, 0.1) is 17.1 Å². The van der Waals surface area contributed by atoms with Crippen LogP contribution in [0.5, 0.6) is 0 Å². The maximum absolute atomic E-state index is 11.8. The van der Waals surface area contributed by atoms with Gasteiger partial charge in [0.1, 0.15) is 6.04 Å². The van der Waals surface area contributed by atoms with E-state index in [-0.39, 0.29) is 0 Å². The van der Waals surface area contributed by atoms with Crippen LogP contribution in [0.15, 0.2) is 0 Å². The first kappa shape index (κ1) is 15.0. The summed E-state index contributed by atoms with van der Waals surface area (Å²) in [4.78, 5) is 22.8. The molecule has 0 aliphatic carbocycles. The Hall–Kier alpha value is -2.05. The van der Waals surface area contributed by atoms with E-state index in [1.54, 1.807) is 13.8 Å². The number of aliphatic carboxylic acids is 1. The molecule has 7 heteroatoms. The van der Waals surface area contributed by atoms with Crippen molar-refractivity contribution < 1.29 is 14.7 Å². The first-order chi connectivity index (χ1) is 8.95. The van der Waals surface area contributed by atoms with Crippen LogP contribution in [-0.4, -0.2) is 33.3 Å². The summed E-state index contributed by atoms with van der Waals surface area (Å²) in [5, 5.41) is 20.8. The molecule has 1 rings (SSSR count). The van der Waals surface area contributed by atoms with Crippen molar-refractivity contribution in [1.82, 2.24) is 15.5 Å². The summed E-state index contributed by atoms with van der Waals surface area (Å²) in [7, 11) is 0. The highest BCUT2D eigenvalue weighted by Gasteiger charge is 2.20. The molecule has 0 spiro atoms. The minimum Gasteiger partial charge on any atom is -0.480 e. The van der Waals surface area contributed by atoms with Crippen LogP contribution in [0.3, 0.4) is 0 Å². The van der Waals surface area contributed by atoms with Crippen LogP contribution >= 0.6 is 0 Å². The summed E-state index contributed by atoms with van der Waals surface area (Å²) < 4.78 is 0. The number of hydrogen-bond donors (Lipinski definition) is 4. The average molecular weight is 268 g/mol. The normalized spacial score (nSPS) is 11.9. The van der Waals surface area contributed by atoms with Crippen molar-refractivity contribution in [2.24, 2.45) is 0 Å². The standard InChI is InChI=1S/C12H20N4O3/c1-4-5-6-9(11(17)18)13-12(19)14-10-7(2)15-16-8(10)3/h9H,4-6H2,1-3H3,(H,15,16)(H,17,18)(H2,13,14,19)/t9-/m0/s1. The van der Waals surface area contributed by atoms with E-state index >= 15 is 0 Å². The number of aromatic nitrogens is 2. The van der Waals surface area contributed by atoms with Gasteiger partial charge in [0.25, 0.3) is 0 Å². The molecule has 0 unspecified atom stereocenters. The third-order valence-corrected chi connectivity index (χ3v) is 2.82. The van der Waals surface area contributed by atoms with Gasteiger partial charge in [-0.25, -0.2) is 9.59 Å². The molecule has 4 N–H and O–H groups in total. The van der Waals surface area contributed by atoms with Crippen LogP contribution in [0.1, 0.15) is 37.6 Å². The molecule has 2 amide bonds. The molecule has 0 bridgehead atoms. The number of carboxylic acid groups (broad SMARTS) is 1. The second kappa shape index (κ2) is 6.77. The molecule has 1 heterocycles. The van der Waals surface area contributed by atoms with Gasteiger partial charge in [-0.1, -0.05) is 19.8 Å². The number of anilines is 1. The number of carbonyl (C=O) groups is 2. The summed E-state index contributed by atoms with van der Waals surface area (Å²) in [5.74, 6) is -1.02. The third-order valence-electron chi connectivity index (χ3n) is 2.82. The molecule has 7 nitrogen and oxygen atoms in total. The van der Waals surface area contributed by atoms with Crippen molar-refractivity contribution in [2.75, 3.05) is 5.32 Å². The van der Waals surface area contributed by atoms with Gasteiger partial charge in [0.2, 0.25) is 0 Å². The predicted octanol–water partition coefficient (Wildman–Crippen LogP) is 1.79. The molecular weight excluding hydrogens is 248 g/mol. The van der Waals surface area contributed by atoms with E-state index in [1.165, 1.54) is 0 Å². The van der Waals surface area contributed by atoms with Crippen molar-refractivity contribution in [3.8, 4) is 0 Å². The van der Waals surface area contributed by atoms with Gasteiger partial charge in [-0.05, 0) is 20.3 Å². The maximum atomic E-state index is 11.8. The number of aryl methyl sites for hydroxylation is 2. The topological polar surface area (TPSA) is 107 Å². The Balaban J connectivity index is 2.60. The lowest BCUT2D eigenvalue weighted by molar-refractivity contribution is -0.139. The Morgan fingerprint density at radius 3 is 2.58 bits per heavy atom. The molecular formula is C12H20N4O3.